The van der Waals surface area contributed by atoms with E-state index in [2.05, 4.69) is 24.4 Å². The molecule has 0 aliphatic heterocycles. The van der Waals surface area contributed by atoms with Crippen LogP contribution >= 0.6 is 11.3 Å². The summed E-state index contributed by atoms with van der Waals surface area (Å²) >= 11 is 1.64. The zero-order chi connectivity index (χ0) is 25.0. The molecule has 6 nitrogen and oxygen atoms in total. The number of carbonyl (C=O) groups is 1. The van der Waals surface area contributed by atoms with Gasteiger partial charge in [-0.15, -0.1) is 11.3 Å². The van der Waals surface area contributed by atoms with Crippen molar-refractivity contribution in [3.05, 3.63) is 77.9 Å². The number of benzene rings is 3. The predicted molar refractivity (Wildman–Crippen MR) is 144 cm³/mol. The average Bonchev–Trinajstić information content (AvgIpc) is 3.27. The average molecular weight is 508 g/mol. The van der Waals surface area contributed by atoms with Crippen LogP contribution in [0.5, 0.6) is 0 Å². The number of thiazole rings is 1. The van der Waals surface area contributed by atoms with Crippen molar-refractivity contribution in [1.29, 1.82) is 0 Å². The Morgan fingerprint density at radius 3 is 2.23 bits per heavy atom. The third-order valence-corrected chi connectivity index (χ3v) is 8.61. The Labute approximate surface area is 210 Å². The SMILES string of the molecule is CCCN(CCC)S(=O)(=O)c1ccc(C(=O)Nc2ccc(-c3nc4ccc(C)cc4s3)cc2)cc1. The van der Waals surface area contributed by atoms with Gasteiger partial charge in [0.2, 0.25) is 10.0 Å². The summed E-state index contributed by atoms with van der Waals surface area (Å²) in [4.78, 5) is 17.6. The highest BCUT2D eigenvalue weighted by molar-refractivity contribution is 7.89. The molecule has 182 valence electrons. The number of hydrogen-bond donors (Lipinski definition) is 1. The van der Waals surface area contributed by atoms with Crippen LogP contribution in [0.15, 0.2) is 71.6 Å². The normalized spacial score (nSPS) is 11.8. The number of nitrogens with one attached hydrogen (secondary N) is 1. The highest BCUT2D eigenvalue weighted by Gasteiger charge is 2.23. The minimum atomic E-state index is -3.57. The van der Waals surface area contributed by atoms with Gasteiger partial charge in [-0.2, -0.15) is 4.31 Å². The van der Waals surface area contributed by atoms with Crippen molar-refractivity contribution in [1.82, 2.24) is 9.29 Å². The summed E-state index contributed by atoms with van der Waals surface area (Å²) in [6, 6.07) is 19.9. The van der Waals surface area contributed by atoms with E-state index in [0.29, 0.717) is 24.3 Å². The molecule has 1 aromatic heterocycles. The van der Waals surface area contributed by atoms with Crippen LogP contribution < -0.4 is 5.32 Å². The van der Waals surface area contributed by atoms with Crippen molar-refractivity contribution < 1.29 is 13.2 Å². The molecule has 0 aliphatic rings. The van der Waals surface area contributed by atoms with Gasteiger partial charge >= 0.3 is 0 Å². The maximum atomic E-state index is 12.9. The highest BCUT2D eigenvalue weighted by atomic mass is 32.2. The first-order valence-corrected chi connectivity index (χ1v) is 14.0. The molecule has 0 aliphatic carbocycles. The molecule has 1 amide bonds. The molecule has 1 N–H and O–H groups in total. The van der Waals surface area contributed by atoms with E-state index < -0.39 is 10.0 Å². The third kappa shape index (κ3) is 5.61. The Bertz CT molecular complexity index is 1420. The van der Waals surface area contributed by atoms with Crippen LogP contribution in [0.3, 0.4) is 0 Å². The lowest BCUT2D eigenvalue weighted by atomic mass is 10.2. The van der Waals surface area contributed by atoms with Crippen molar-refractivity contribution in [2.45, 2.75) is 38.5 Å². The summed E-state index contributed by atoms with van der Waals surface area (Å²) in [6.07, 6.45) is 1.49. The van der Waals surface area contributed by atoms with Gasteiger partial charge in [-0.25, -0.2) is 13.4 Å². The molecule has 4 aromatic rings. The molecule has 0 radical (unpaired) electrons. The monoisotopic (exact) mass is 507 g/mol. The summed E-state index contributed by atoms with van der Waals surface area (Å²) in [5, 5.41) is 3.81. The van der Waals surface area contributed by atoms with Crippen molar-refractivity contribution in [2.75, 3.05) is 18.4 Å². The van der Waals surface area contributed by atoms with Gasteiger partial charge in [0.05, 0.1) is 15.1 Å². The van der Waals surface area contributed by atoms with Crippen molar-refractivity contribution in [3.63, 3.8) is 0 Å². The van der Waals surface area contributed by atoms with Crippen molar-refractivity contribution in [3.8, 4) is 10.6 Å². The number of amides is 1. The van der Waals surface area contributed by atoms with Crippen LogP contribution in [0.1, 0.15) is 42.6 Å². The lowest BCUT2D eigenvalue weighted by Gasteiger charge is -2.21. The standard InChI is InChI=1S/C27H29N3O3S2/c1-4-16-30(17-5-2)35(32,33)23-13-9-20(10-14-23)26(31)28-22-11-7-21(8-12-22)27-29-24-15-6-19(3)18-25(24)34-27/h6-15,18H,4-5,16-17H2,1-3H3,(H,28,31). The number of aromatic nitrogens is 1. The molecule has 0 saturated heterocycles. The number of nitrogens with zero attached hydrogens (tertiary/aromatic N) is 2. The number of hydrogen-bond acceptors (Lipinski definition) is 5. The first-order valence-electron chi connectivity index (χ1n) is 11.7. The molecule has 4 rings (SSSR count). The van der Waals surface area contributed by atoms with E-state index >= 15 is 0 Å². The van der Waals surface area contributed by atoms with Crippen LogP contribution in [0.2, 0.25) is 0 Å². The Balaban J connectivity index is 1.45. The Morgan fingerprint density at radius 1 is 0.943 bits per heavy atom. The fourth-order valence-corrected chi connectivity index (χ4v) is 6.53. The van der Waals surface area contributed by atoms with Gasteiger partial charge in [-0.3, -0.25) is 4.79 Å². The molecule has 0 bridgehead atoms. The number of aryl methyl sites for hydroxylation is 1. The maximum Gasteiger partial charge on any atom is 0.255 e. The smallest absolute Gasteiger partial charge is 0.255 e. The highest BCUT2D eigenvalue weighted by Crippen LogP contribution is 2.31. The first kappa shape index (κ1) is 25.0. The molecule has 0 atom stereocenters. The van der Waals surface area contributed by atoms with Crippen LogP contribution in [0.4, 0.5) is 5.69 Å². The van der Waals surface area contributed by atoms with Crippen LogP contribution in [-0.2, 0) is 10.0 Å². The summed E-state index contributed by atoms with van der Waals surface area (Å²) in [7, 11) is -3.57. The molecule has 0 saturated carbocycles. The van der Waals surface area contributed by atoms with E-state index in [1.807, 2.05) is 44.2 Å². The quantitative estimate of drug-likeness (QED) is 0.287. The zero-order valence-electron chi connectivity index (χ0n) is 20.1. The van der Waals surface area contributed by atoms with Gasteiger partial charge in [-0.1, -0.05) is 19.9 Å². The second-order valence-electron chi connectivity index (χ2n) is 8.45. The Kier molecular flexibility index (Phi) is 7.64. The number of carbonyl (C=O) groups excluding carboxylic acids is 1. The van der Waals surface area contributed by atoms with E-state index in [9.17, 15) is 13.2 Å². The predicted octanol–water partition coefficient (Wildman–Crippen LogP) is 6.33. The van der Waals surface area contributed by atoms with Crippen LogP contribution in [0.25, 0.3) is 20.8 Å². The van der Waals surface area contributed by atoms with Crippen LogP contribution in [-0.4, -0.2) is 36.7 Å². The molecule has 0 spiro atoms. The molecule has 8 heteroatoms. The van der Waals surface area contributed by atoms with Gasteiger partial charge in [0.25, 0.3) is 5.91 Å². The molecule has 35 heavy (non-hydrogen) atoms. The van der Waals surface area contributed by atoms with E-state index in [-0.39, 0.29) is 10.8 Å². The molecule has 0 unspecified atom stereocenters. The number of fused-ring (bicyclic) bond motifs is 1. The second kappa shape index (κ2) is 10.7. The van der Waals surface area contributed by atoms with Gasteiger partial charge in [-0.05, 0) is 86.0 Å². The summed E-state index contributed by atoms with van der Waals surface area (Å²) < 4.78 is 28.5. The second-order valence-corrected chi connectivity index (χ2v) is 11.4. The summed E-state index contributed by atoms with van der Waals surface area (Å²) in [5.41, 5.74) is 4.22. The largest absolute Gasteiger partial charge is 0.322 e. The van der Waals surface area contributed by atoms with Crippen LogP contribution in [0, 0.1) is 6.92 Å². The zero-order valence-corrected chi connectivity index (χ0v) is 21.7. The number of rotatable bonds is 9. The van der Waals surface area contributed by atoms with Crippen molar-refractivity contribution in [2.24, 2.45) is 0 Å². The van der Waals surface area contributed by atoms with Gasteiger partial charge < -0.3 is 5.32 Å². The third-order valence-electron chi connectivity index (χ3n) is 5.63. The first-order chi connectivity index (χ1) is 16.8. The van der Waals surface area contributed by atoms with Gasteiger partial charge in [0.1, 0.15) is 5.01 Å². The van der Waals surface area contributed by atoms with E-state index in [1.54, 1.807) is 23.5 Å². The number of anilines is 1. The molecule has 1 heterocycles. The molecule has 0 fully saturated rings. The van der Waals surface area contributed by atoms with E-state index in [1.165, 1.54) is 22.0 Å². The lowest BCUT2D eigenvalue weighted by Crippen LogP contribution is -2.32. The minimum absolute atomic E-state index is 0.200. The summed E-state index contributed by atoms with van der Waals surface area (Å²) in [5.74, 6) is -0.295. The maximum absolute atomic E-state index is 12.9. The topological polar surface area (TPSA) is 79.4 Å². The Hall–Kier alpha value is -3.07. The van der Waals surface area contributed by atoms with Gasteiger partial charge in [0, 0.05) is 29.9 Å². The minimum Gasteiger partial charge on any atom is -0.322 e. The molecular formula is C27H29N3O3S2. The summed E-state index contributed by atoms with van der Waals surface area (Å²) in [6.45, 7) is 6.93. The molecule has 3 aromatic carbocycles. The fraction of sp³-hybridized carbons (Fsp3) is 0.259. The van der Waals surface area contributed by atoms with E-state index in [0.717, 1.165) is 33.6 Å². The molecular weight excluding hydrogens is 478 g/mol. The lowest BCUT2D eigenvalue weighted by molar-refractivity contribution is 0.102. The van der Waals surface area contributed by atoms with E-state index in [4.69, 9.17) is 4.98 Å². The Morgan fingerprint density at radius 2 is 1.60 bits per heavy atom. The van der Waals surface area contributed by atoms with Crippen molar-refractivity contribution >= 4 is 43.2 Å². The number of sulfonamides is 1. The fourth-order valence-electron chi connectivity index (χ4n) is 3.83. The van der Waals surface area contributed by atoms with Gasteiger partial charge in [0.15, 0.2) is 0 Å².